The van der Waals surface area contributed by atoms with E-state index < -0.39 is 0 Å². The van der Waals surface area contributed by atoms with E-state index in [1.807, 2.05) is 0 Å². The Morgan fingerprint density at radius 1 is 1.00 bits per heavy atom. The highest BCUT2D eigenvalue weighted by Crippen LogP contribution is 2.39. The van der Waals surface area contributed by atoms with Crippen LogP contribution in [0.1, 0.15) is 51.4 Å². The van der Waals surface area contributed by atoms with Crippen molar-refractivity contribution in [3.63, 3.8) is 0 Å². The Labute approximate surface area is 145 Å². The summed E-state index contributed by atoms with van der Waals surface area (Å²) in [5, 5.41) is 3.09. The number of piperidine rings is 1. The molecule has 1 spiro atoms. The van der Waals surface area contributed by atoms with Crippen LogP contribution in [-0.4, -0.2) is 61.9 Å². The minimum absolute atomic E-state index is 0.0201. The largest absolute Gasteiger partial charge is 0.381 e. The van der Waals surface area contributed by atoms with Gasteiger partial charge >= 0.3 is 0 Å². The van der Waals surface area contributed by atoms with Crippen molar-refractivity contribution in [2.24, 2.45) is 11.8 Å². The van der Waals surface area contributed by atoms with E-state index in [1.165, 1.54) is 32.2 Å². The van der Waals surface area contributed by atoms with Crippen molar-refractivity contribution in [1.29, 1.82) is 0 Å². The molecule has 0 aromatic heterocycles. The lowest BCUT2D eigenvalue weighted by atomic mass is 9.87. The summed E-state index contributed by atoms with van der Waals surface area (Å²) in [7, 11) is 0. The zero-order valence-electron chi connectivity index (χ0n) is 14.8. The third-order valence-electron chi connectivity index (χ3n) is 6.43. The van der Waals surface area contributed by atoms with Gasteiger partial charge < -0.3 is 19.7 Å². The van der Waals surface area contributed by atoms with E-state index in [2.05, 4.69) is 10.2 Å². The topological polar surface area (TPSA) is 50.8 Å². The van der Waals surface area contributed by atoms with E-state index in [4.69, 9.17) is 9.47 Å². The lowest BCUT2D eigenvalue weighted by Gasteiger charge is -2.40. The van der Waals surface area contributed by atoms with Crippen molar-refractivity contribution < 1.29 is 14.3 Å². The van der Waals surface area contributed by atoms with Gasteiger partial charge in [-0.05, 0) is 63.2 Å². The van der Waals surface area contributed by atoms with Crippen LogP contribution in [0, 0.1) is 11.8 Å². The van der Waals surface area contributed by atoms with Gasteiger partial charge in [-0.25, -0.2) is 0 Å². The zero-order chi connectivity index (χ0) is 16.4. The Balaban J connectivity index is 1.20. The van der Waals surface area contributed by atoms with Crippen LogP contribution in [0.3, 0.4) is 0 Å². The quantitative estimate of drug-likeness (QED) is 0.834. The first-order chi connectivity index (χ1) is 11.7. The third kappa shape index (κ3) is 4.12. The Morgan fingerprint density at radius 3 is 2.46 bits per heavy atom. The molecule has 24 heavy (non-hydrogen) atoms. The van der Waals surface area contributed by atoms with Crippen molar-refractivity contribution in [3.05, 3.63) is 0 Å². The Hall–Kier alpha value is -0.650. The summed E-state index contributed by atoms with van der Waals surface area (Å²) >= 11 is 0. The molecule has 0 bridgehead atoms. The van der Waals surface area contributed by atoms with Crippen LogP contribution in [0.15, 0.2) is 0 Å². The van der Waals surface area contributed by atoms with Gasteiger partial charge in [0, 0.05) is 39.4 Å². The molecule has 3 heterocycles. The third-order valence-corrected chi connectivity index (χ3v) is 6.43. The number of amides is 1. The van der Waals surface area contributed by atoms with E-state index in [0.717, 1.165) is 70.4 Å². The first-order valence-electron chi connectivity index (χ1n) is 9.98. The lowest BCUT2D eigenvalue weighted by Crippen LogP contribution is -2.47. The predicted molar refractivity (Wildman–Crippen MR) is 91.8 cm³/mol. The highest BCUT2D eigenvalue weighted by atomic mass is 16.5. The molecule has 1 aliphatic carbocycles. The molecule has 0 aromatic rings. The van der Waals surface area contributed by atoms with E-state index >= 15 is 0 Å². The maximum atomic E-state index is 12.3. The molecule has 0 radical (unpaired) electrons. The molecule has 4 fully saturated rings. The number of hydrogen-bond acceptors (Lipinski definition) is 4. The SMILES string of the molecule is O=C(NCC1CC1)[C@@H]1CCC2(CCN(CC3CCOCC3)CC2)O1. The Morgan fingerprint density at radius 2 is 1.75 bits per heavy atom. The normalized spacial score (nSPS) is 31.4. The average Bonchev–Trinajstić information content (AvgIpc) is 3.36. The molecule has 3 saturated heterocycles. The average molecular weight is 336 g/mol. The van der Waals surface area contributed by atoms with E-state index in [0.29, 0.717) is 0 Å². The predicted octanol–water partition coefficient (Wildman–Crippen LogP) is 1.95. The molecule has 4 rings (SSSR count). The van der Waals surface area contributed by atoms with Gasteiger partial charge in [0.2, 0.25) is 5.91 Å². The maximum Gasteiger partial charge on any atom is 0.249 e. The first kappa shape index (κ1) is 16.8. The molecule has 1 amide bonds. The van der Waals surface area contributed by atoms with E-state index in [9.17, 15) is 4.79 Å². The van der Waals surface area contributed by atoms with Crippen molar-refractivity contribution in [2.45, 2.75) is 63.1 Å². The monoisotopic (exact) mass is 336 g/mol. The number of likely N-dealkylation sites (tertiary alicyclic amines) is 1. The van der Waals surface area contributed by atoms with Crippen LogP contribution in [0.2, 0.25) is 0 Å². The van der Waals surface area contributed by atoms with Crippen LogP contribution in [0.5, 0.6) is 0 Å². The molecule has 4 aliphatic rings. The summed E-state index contributed by atoms with van der Waals surface area (Å²) in [5.41, 5.74) is -0.0201. The summed E-state index contributed by atoms with van der Waals surface area (Å²) in [6, 6.07) is 0. The molecule has 0 aromatic carbocycles. The fourth-order valence-electron chi connectivity index (χ4n) is 4.48. The van der Waals surface area contributed by atoms with Gasteiger partial charge in [-0.15, -0.1) is 0 Å². The maximum absolute atomic E-state index is 12.3. The van der Waals surface area contributed by atoms with Gasteiger partial charge in [0.25, 0.3) is 0 Å². The van der Waals surface area contributed by atoms with Crippen molar-refractivity contribution in [1.82, 2.24) is 10.2 Å². The van der Waals surface area contributed by atoms with Gasteiger partial charge in [0.1, 0.15) is 6.10 Å². The lowest BCUT2D eigenvalue weighted by molar-refractivity contribution is -0.141. The summed E-state index contributed by atoms with van der Waals surface area (Å²) in [4.78, 5) is 14.9. The van der Waals surface area contributed by atoms with Gasteiger partial charge in [0.05, 0.1) is 5.60 Å². The van der Waals surface area contributed by atoms with Gasteiger partial charge in [0.15, 0.2) is 0 Å². The fourth-order valence-corrected chi connectivity index (χ4v) is 4.48. The van der Waals surface area contributed by atoms with E-state index in [1.54, 1.807) is 0 Å². The second kappa shape index (κ2) is 7.30. The van der Waals surface area contributed by atoms with Crippen molar-refractivity contribution >= 4 is 5.91 Å². The first-order valence-corrected chi connectivity index (χ1v) is 9.98. The second-order valence-corrected chi connectivity index (χ2v) is 8.37. The number of nitrogens with one attached hydrogen (secondary N) is 1. The number of carbonyl (C=O) groups excluding carboxylic acids is 1. The second-order valence-electron chi connectivity index (χ2n) is 8.37. The number of hydrogen-bond donors (Lipinski definition) is 1. The molecular weight excluding hydrogens is 304 g/mol. The highest BCUT2D eigenvalue weighted by molar-refractivity contribution is 5.81. The number of ether oxygens (including phenoxy) is 2. The molecule has 5 nitrogen and oxygen atoms in total. The molecule has 136 valence electrons. The summed E-state index contributed by atoms with van der Waals surface area (Å²) in [5.74, 6) is 1.67. The number of rotatable bonds is 5. The Kier molecular flexibility index (Phi) is 5.11. The minimum atomic E-state index is -0.203. The zero-order valence-corrected chi connectivity index (χ0v) is 14.8. The van der Waals surface area contributed by atoms with Crippen molar-refractivity contribution in [2.75, 3.05) is 39.4 Å². The van der Waals surface area contributed by atoms with E-state index in [-0.39, 0.29) is 17.6 Å². The fraction of sp³-hybridized carbons (Fsp3) is 0.947. The molecule has 1 saturated carbocycles. The number of carbonyl (C=O) groups is 1. The summed E-state index contributed by atoms with van der Waals surface area (Å²) < 4.78 is 11.7. The van der Waals surface area contributed by atoms with Crippen LogP contribution in [-0.2, 0) is 14.3 Å². The smallest absolute Gasteiger partial charge is 0.249 e. The standard InChI is InChI=1S/C19H32N2O3/c22-18(20-13-15-1-2-15)17-3-6-19(24-17)7-9-21(10-8-19)14-16-4-11-23-12-5-16/h15-17H,1-14H2,(H,20,22)/t17-/m0/s1. The van der Waals surface area contributed by atoms with Gasteiger partial charge in [-0.1, -0.05) is 0 Å². The number of nitrogens with zero attached hydrogens (tertiary/aromatic N) is 1. The molecular formula is C19H32N2O3. The molecule has 1 atom stereocenters. The van der Waals surface area contributed by atoms with Gasteiger partial charge in [-0.2, -0.15) is 0 Å². The summed E-state index contributed by atoms with van der Waals surface area (Å²) in [6.45, 7) is 6.17. The van der Waals surface area contributed by atoms with Crippen LogP contribution >= 0.6 is 0 Å². The van der Waals surface area contributed by atoms with Crippen LogP contribution in [0.25, 0.3) is 0 Å². The van der Waals surface area contributed by atoms with Gasteiger partial charge in [-0.3, -0.25) is 4.79 Å². The van der Waals surface area contributed by atoms with Crippen LogP contribution in [0.4, 0.5) is 0 Å². The molecule has 3 aliphatic heterocycles. The summed E-state index contributed by atoms with van der Waals surface area (Å²) in [6.07, 6.45) is 8.90. The van der Waals surface area contributed by atoms with Crippen LogP contribution < -0.4 is 5.32 Å². The molecule has 5 heteroatoms. The Bertz CT molecular complexity index is 438. The minimum Gasteiger partial charge on any atom is -0.381 e. The molecule has 0 unspecified atom stereocenters. The van der Waals surface area contributed by atoms with Crippen molar-refractivity contribution in [3.8, 4) is 0 Å². The molecule has 1 N–H and O–H groups in total. The highest BCUT2D eigenvalue weighted by Gasteiger charge is 2.44.